The largest absolute Gasteiger partial charge is 0.394 e. The Kier molecular flexibility index (Phi) is 24.1. The molecule has 1 amide bonds. The minimum absolute atomic E-state index is 0.0578. The summed E-state index contributed by atoms with van der Waals surface area (Å²) < 4.78 is 0. The van der Waals surface area contributed by atoms with Gasteiger partial charge in [-0.2, -0.15) is 0 Å². The smallest absolute Gasteiger partial charge is 0.220 e. The van der Waals surface area contributed by atoms with E-state index in [0.29, 0.717) is 12.8 Å². The lowest BCUT2D eigenvalue weighted by molar-refractivity contribution is -0.123. The van der Waals surface area contributed by atoms with Crippen LogP contribution in [-0.4, -0.2) is 34.9 Å². The van der Waals surface area contributed by atoms with Gasteiger partial charge < -0.3 is 15.5 Å². The first-order valence-corrected chi connectivity index (χ1v) is 13.9. The van der Waals surface area contributed by atoms with Crippen LogP contribution in [0.5, 0.6) is 0 Å². The van der Waals surface area contributed by atoms with Gasteiger partial charge >= 0.3 is 0 Å². The van der Waals surface area contributed by atoms with Crippen LogP contribution in [0.1, 0.15) is 142 Å². The second kappa shape index (κ2) is 24.8. The fourth-order valence-electron chi connectivity index (χ4n) is 4.06. The molecule has 0 aliphatic heterocycles. The molecule has 4 heteroatoms. The molecule has 0 radical (unpaired) electrons. The molecule has 0 fully saturated rings. The standard InChI is InChI=1S/C28H55NO3/c1-3-5-7-9-11-12-13-14-15-16-18-19-21-23-27(31)26(25-30)29-28(32)24-22-20-17-10-8-6-4-2/h18-19,26-27,30-31H,3-17,20-25H2,1-2H3,(H,29,32)/b19-18-/t26-,27+/m0/s1. The molecular weight excluding hydrogens is 398 g/mol. The molecule has 3 N–H and O–H groups in total. The van der Waals surface area contributed by atoms with Crippen molar-refractivity contribution in [1.82, 2.24) is 5.32 Å². The van der Waals surface area contributed by atoms with Crippen molar-refractivity contribution in [3.63, 3.8) is 0 Å². The summed E-state index contributed by atoms with van der Waals surface area (Å²) in [5, 5.41) is 22.7. The van der Waals surface area contributed by atoms with Crippen molar-refractivity contribution in [2.24, 2.45) is 0 Å². The minimum Gasteiger partial charge on any atom is -0.394 e. The third-order valence-corrected chi connectivity index (χ3v) is 6.29. The van der Waals surface area contributed by atoms with Crippen molar-refractivity contribution in [1.29, 1.82) is 0 Å². The quantitative estimate of drug-likeness (QED) is 0.107. The first kappa shape index (κ1) is 31.1. The van der Waals surface area contributed by atoms with Crippen molar-refractivity contribution >= 4 is 5.91 Å². The van der Waals surface area contributed by atoms with Crippen molar-refractivity contribution in [2.45, 2.75) is 154 Å². The molecule has 2 atom stereocenters. The van der Waals surface area contributed by atoms with Gasteiger partial charge in [0.15, 0.2) is 0 Å². The van der Waals surface area contributed by atoms with Gasteiger partial charge in [0.2, 0.25) is 5.91 Å². The van der Waals surface area contributed by atoms with Gasteiger partial charge in [-0.15, -0.1) is 0 Å². The zero-order valence-corrected chi connectivity index (χ0v) is 21.5. The molecule has 0 bridgehead atoms. The van der Waals surface area contributed by atoms with E-state index in [1.807, 2.05) is 0 Å². The lowest BCUT2D eigenvalue weighted by atomic mass is 10.0. The predicted octanol–water partition coefficient (Wildman–Crippen LogP) is 7.22. The van der Waals surface area contributed by atoms with Crippen LogP contribution < -0.4 is 5.32 Å². The van der Waals surface area contributed by atoms with E-state index in [1.165, 1.54) is 89.9 Å². The Hall–Kier alpha value is -0.870. The molecule has 0 aromatic rings. The molecule has 0 aliphatic carbocycles. The number of amides is 1. The van der Waals surface area contributed by atoms with Crippen molar-refractivity contribution in [2.75, 3.05) is 6.61 Å². The van der Waals surface area contributed by atoms with E-state index in [1.54, 1.807) is 0 Å². The number of nitrogens with one attached hydrogen (secondary N) is 1. The SMILES string of the molecule is CCCCCCCCCCC/C=C\CC[C@@H](O)[C@H](CO)NC(=O)CCCCCCCCC. The summed E-state index contributed by atoms with van der Waals surface area (Å²) >= 11 is 0. The molecule has 0 aromatic heterocycles. The van der Waals surface area contributed by atoms with Crippen molar-refractivity contribution < 1.29 is 15.0 Å². The van der Waals surface area contributed by atoms with Crippen LogP contribution in [0.15, 0.2) is 12.2 Å². The summed E-state index contributed by atoms with van der Waals surface area (Å²) in [7, 11) is 0. The highest BCUT2D eigenvalue weighted by atomic mass is 16.3. The molecule has 0 heterocycles. The lowest BCUT2D eigenvalue weighted by Crippen LogP contribution is -2.45. The van der Waals surface area contributed by atoms with E-state index in [9.17, 15) is 15.0 Å². The minimum atomic E-state index is -0.699. The fourth-order valence-corrected chi connectivity index (χ4v) is 4.06. The van der Waals surface area contributed by atoms with Crippen LogP contribution in [0.2, 0.25) is 0 Å². The highest BCUT2D eigenvalue weighted by molar-refractivity contribution is 5.76. The number of hydrogen-bond donors (Lipinski definition) is 3. The normalized spacial score (nSPS) is 13.5. The van der Waals surface area contributed by atoms with Gasteiger partial charge in [0.1, 0.15) is 0 Å². The molecule has 0 saturated heterocycles. The molecule has 0 aromatic carbocycles. The molecule has 4 nitrogen and oxygen atoms in total. The Morgan fingerprint density at radius 2 is 1.19 bits per heavy atom. The second-order valence-corrected chi connectivity index (χ2v) is 9.46. The molecular formula is C28H55NO3. The Bertz CT molecular complexity index is 425. The monoisotopic (exact) mass is 453 g/mol. The van der Waals surface area contributed by atoms with Crippen LogP contribution in [0.3, 0.4) is 0 Å². The van der Waals surface area contributed by atoms with Gasteiger partial charge in [0, 0.05) is 6.42 Å². The van der Waals surface area contributed by atoms with E-state index in [0.717, 1.165) is 25.7 Å². The molecule has 0 unspecified atom stereocenters. The zero-order chi connectivity index (χ0) is 23.7. The number of carbonyl (C=O) groups excluding carboxylic acids is 1. The van der Waals surface area contributed by atoms with Gasteiger partial charge in [-0.3, -0.25) is 4.79 Å². The maximum absolute atomic E-state index is 12.1. The van der Waals surface area contributed by atoms with E-state index < -0.39 is 12.1 Å². The highest BCUT2D eigenvalue weighted by Crippen LogP contribution is 2.12. The predicted molar refractivity (Wildman–Crippen MR) is 138 cm³/mol. The number of hydrogen-bond acceptors (Lipinski definition) is 3. The zero-order valence-electron chi connectivity index (χ0n) is 21.5. The summed E-state index contributed by atoms with van der Waals surface area (Å²) in [6.07, 6.45) is 26.9. The number of rotatable bonds is 24. The number of unbranched alkanes of at least 4 members (excludes halogenated alkanes) is 15. The third-order valence-electron chi connectivity index (χ3n) is 6.29. The van der Waals surface area contributed by atoms with Crippen LogP contribution in [-0.2, 0) is 4.79 Å². The first-order chi connectivity index (χ1) is 15.7. The summed E-state index contributed by atoms with van der Waals surface area (Å²) in [4.78, 5) is 12.1. The van der Waals surface area contributed by atoms with Crippen LogP contribution in [0, 0.1) is 0 Å². The first-order valence-electron chi connectivity index (χ1n) is 13.9. The summed E-state index contributed by atoms with van der Waals surface area (Å²) in [6, 6.07) is -0.558. The Balaban J connectivity index is 3.69. The summed E-state index contributed by atoms with van der Waals surface area (Å²) in [6.45, 7) is 4.26. The average Bonchev–Trinajstić information content (AvgIpc) is 2.79. The van der Waals surface area contributed by atoms with Crippen LogP contribution in [0.25, 0.3) is 0 Å². The average molecular weight is 454 g/mol. The Morgan fingerprint density at radius 1 is 0.719 bits per heavy atom. The van der Waals surface area contributed by atoms with Gasteiger partial charge in [-0.1, -0.05) is 116 Å². The molecule has 0 rings (SSSR count). The van der Waals surface area contributed by atoms with Crippen LogP contribution >= 0.6 is 0 Å². The molecule has 0 saturated carbocycles. The second-order valence-electron chi connectivity index (χ2n) is 9.46. The number of allylic oxidation sites excluding steroid dienone is 2. The lowest BCUT2D eigenvalue weighted by Gasteiger charge is -2.22. The maximum atomic E-state index is 12.1. The maximum Gasteiger partial charge on any atom is 0.220 e. The number of aliphatic hydroxyl groups is 2. The van der Waals surface area contributed by atoms with E-state index in [4.69, 9.17) is 0 Å². The Morgan fingerprint density at radius 3 is 1.72 bits per heavy atom. The van der Waals surface area contributed by atoms with Crippen molar-refractivity contribution in [3.05, 3.63) is 12.2 Å². The number of carbonyl (C=O) groups is 1. The van der Waals surface area contributed by atoms with E-state index in [2.05, 4.69) is 31.3 Å². The summed E-state index contributed by atoms with van der Waals surface area (Å²) in [5.41, 5.74) is 0. The van der Waals surface area contributed by atoms with Gasteiger partial charge in [-0.25, -0.2) is 0 Å². The van der Waals surface area contributed by atoms with Gasteiger partial charge in [-0.05, 0) is 32.1 Å². The molecule has 0 aliphatic rings. The molecule has 0 spiro atoms. The summed E-state index contributed by atoms with van der Waals surface area (Å²) in [5.74, 6) is -0.0578. The molecule has 190 valence electrons. The highest BCUT2D eigenvalue weighted by Gasteiger charge is 2.19. The number of aliphatic hydroxyl groups excluding tert-OH is 2. The molecule has 32 heavy (non-hydrogen) atoms. The van der Waals surface area contributed by atoms with Crippen LogP contribution in [0.4, 0.5) is 0 Å². The fraction of sp³-hybridized carbons (Fsp3) is 0.893. The third kappa shape index (κ3) is 21.0. The van der Waals surface area contributed by atoms with Gasteiger partial charge in [0.25, 0.3) is 0 Å². The van der Waals surface area contributed by atoms with E-state index >= 15 is 0 Å². The topological polar surface area (TPSA) is 69.6 Å². The van der Waals surface area contributed by atoms with E-state index in [-0.39, 0.29) is 12.5 Å². The Labute approximate surface area is 199 Å². The van der Waals surface area contributed by atoms with Crippen molar-refractivity contribution in [3.8, 4) is 0 Å². The van der Waals surface area contributed by atoms with Gasteiger partial charge in [0.05, 0.1) is 18.8 Å².